The van der Waals surface area contributed by atoms with Crippen LogP contribution in [0.1, 0.15) is 63.7 Å². The van der Waals surface area contributed by atoms with Gasteiger partial charge >= 0.3 is 11.9 Å². The molecule has 0 N–H and O–H groups in total. The van der Waals surface area contributed by atoms with Crippen molar-refractivity contribution in [1.82, 2.24) is 8.61 Å². The van der Waals surface area contributed by atoms with Crippen molar-refractivity contribution in [1.29, 1.82) is 5.26 Å². The van der Waals surface area contributed by atoms with E-state index >= 15 is 0 Å². The number of likely N-dealkylation sites (N-methyl/N-ethyl adjacent to an activating group) is 2. The highest BCUT2D eigenvalue weighted by atomic mass is 35.5. The lowest BCUT2D eigenvalue weighted by Gasteiger charge is -2.30. The van der Waals surface area contributed by atoms with Crippen LogP contribution in [-0.2, 0) is 29.5 Å². The summed E-state index contributed by atoms with van der Waals surface area (Å²) >= 11 is 11.8. The Morgan fingerprint density at radius 3 is 1.22 bits per heavy atom. The Kier molecular flexibility index (Phi) is 12.9. The Morgan fingerprint density at radius 1 is 0.508 bits per heavy atom. The number of nitriles is 1. The Bertz CT molecular complexity index is 3260. The number of esters is 2. The van der Waals surface area contributed by atoms with Crippen LogP contribution >= 0.6 is 23.2 Å². The van der Waals surface area contributed by atoms with Gasteiger partial charge in [0.2, 0.25) is 11.6 Å². The van der Waals surface area contributed by atoms with E-state index in [1.54, 1.807) is 42.5 Å². The summed E-state index contributed by atoms with van der Waals surface area (Å²) in [6.45, 7) is 1.88. The van der Waals surface area contributed by atoms with Gasteiger partial charge in [0.15, 0.2) is 11.5 Å². The summed E-state index contributed by atoms with van der Waals surface area (Å²) in [5.41, 5.74) is 1.74. The minimum absolute atomic E-state index is 0.0538. The highest BCUT2D eigenvalue weighted by molar-refractivity contribution is 7.89. The van der Waals surface area contributed by atoms with Crippen LogP contribution in [0.25, 0.3) is 11.5 Å². The van der Waals surface area contributed by atoms with Crippen molar-refractivity contribution in [2.45, 2.75) is 16.7 Å². The number of Topliss-reactive ketones (excluding diaryl/α,β-unsaturated/α-hetero) is 2. The summed E-state index contributed by atoms with van der Waals surface area (Å²) in [4.78, 5) is 52.4. The third-order valence-corrected chi connectivity index (χ3v) is 14.3. The van der Waals surface area contributed by atoms with Gasteiger partial charge in [-0.2, -0.15) is 5.26 Å². The van der Waals surface area contributed by atoms with Gasteiger partial charge in [-0.25, -0.2) is 26.4 Å². The van der Waals surface area contributed by atoms with Gasteiger partial charge in [-0.3, -0.25) is 18.2 Å². The molecule has 0 amide bonds. The van der Waals surface area contributed by atoms with E-state index in [1.165, 1.54) is 117 Å². The molecule has 0 saturated carbocycles. The standard InChI is InChI=1S/C24H15ClN2O5S.C24H18ClNO5S/c1-27-21(22(28)16-8-6-15(14-26)7-9-16)23(19-4-2-3-5-20(19)33(27,30)31)32-24(29)17-10-12-18(25)13-11-17;1-15-7-9-16(10-8-15)22(27)21-23(31-24(28)17-11-13-18(25)14-12-17)19-5-3-4-6-20(19)32(29,30)26(21)2/h2-13H,1H3;3-14H,1-2H3. The predicted molar refractivity (Wildman–Crippen MR) is 241 cm³/mol. The SMILES string of the molecule is CN1C(C(=O)c2ccc(C#N)cc2)=C(OC(=O)c2ccc(Cl)cc2)c2ccccc2S1(=O)=O.Cc1ccc(C(=O)C2=C(OC(=O)c3ccc(Cl)cc3)c3ccccc3S(=O)(=O)N2C)cc1. The zero-order valence-electron chi connectivity index (χ0n) is 34.4. The summed E-state index contributed by atoms with van der Waals surface area (Å²) in [6.07, 6.45) is 0. The van der Waals surface area contributed by atoms with Crippen molar-refractivity contribution in [3.63, 3.8) is 0 Å². The molecule has 6 aromatic rings. The first-order valence-corrected chi connectivity index (χ1v) is 22.8. The normalized spacial score (nSPS) is 14.5. The van der Waals surface area contributed by atoms with Crippen LogP contribution in [0.3, 0.4) is 0 Å². The molecule has 2 aliphatic rings. The van der Waals surface area contributed by atoms with E-state index in [0.717, 1.165) is 14.2 Å². The molecule has 326 valence electrons. The largest absolute Gasteiger partial charge is 0.420 e. The molecule has 17 heteroatoms. The van der Waals surface area contributed by atoms with Crippen LogP contribution in [0, 0.1) is 18.3 Å². The molecule has 0 atom stereocenters. The van der Waals surface area contributed by atoms with Crippen LogP contribution in [0.15, 0.2) is 167 Å². The van der Waals surface area contributed by atoms with Gasteiger partial charge in [0.05, 0.1) is 32.6 Å². The first-order chi connectivity index (χ1) is 30.9. The molecule has 0 aromatic heterocycles. The number of ether oxygens (including phenoxy) is 2. The Labute approximate surface area is 384 Å². The first-order valence-electron chi connectivity index (χ1n) is 19.2. The van der Waals surface area contributed by atoms with E-state index in [1.807, 2.05) is 13.0 Å². The second kappa shape index (κ2) is 18.4. The fraction of sp³-hybridized carbons (Fsp3) is 0.0625. The zero-order valence-corrected chi connectivity index (χ0v) is 37.5. The van der Waals surface area contributed by atoms with Gasteiger partial charge < -0.3 is 9.47 Å². The third-order valence-electron chi connectivity index (χ3n) is 10.2. The van der Waals surface area contributed by atoms with Crippen molar-refractivity contribution in [3.05, 3.63) is 212 Å². The summed E-state index contributed by atoms with van der Waals surface area (Å²) < 4.78 is 65.5. The summed E-state index contributed by atoms with van der Waals surface area (Å²) in [7, 11) is -5.62. The van der Waals surface area contributed by atoms with Crippen LogP contribution in [0.5, 0.6) is 0 Å². The summed E-state index contributed by atoms with van der Waals surface area (Å²) in [5.74, 6) is -3.09. The molecule has 13 nitrogen and oxygen atoms in total. The molecule has 0 aliphatic carbocycles. The number of ketones is 2. The lowest BCUT2D eigenvalue weighted by Crippen LogP contribution is -2.36. The molecular formula is C48H33Cl2N3O10S2. The van der Waals surface area contributed by atoms with E-state index in [-0.39, 0.29) is 66.1 Å². The maximum Gasteiger partial charge on any atom is 0.343 e. The van der Waals surface area contributed by atoms with Crippen molar-refractivity contribution in [3.8, 4) is 6.07 Å². The van der Waals surface area contributed by atoms with E-state index in [2.05, 4.69) is 0 Å². The third kappa shape index (κ3) is 9.06. The molecule has 0 spiro atoms. The number of fused-ring (bicyclic) bond motifs is 2. The van der Waals surface area contributed by atoms with Crippen LogP contribution in [0.4, 0.5) is 0 Å². The number of allylic oxidation sites excluding steroid dienone is 2. The quantitative estimate of drug-likeness (QED) is 0.105. The van der Waals surface area contributed by atoms with E-state index < -0.39 is 43.6 Å². The highest BCUT2D eigenvalue weighted by Gasteiger charge is 2.41. The number of hydrogen-bond acceptors (Lipinski definition) is 11. The molecule has 2 heterocycles. The van der Waals surface area contributed by atoms with Gasteiger partial charge in [-0.1, -0.05) is 77.3 Å². The molecule has 0 unspecified atom stereocenters. The van der Waals surface area contributed by atoms with Crippen molar-refractivity contribution < 1.29 is 45.5 Å². The van der Waals surface area contributed by atoms with Gasteiger partial charge in [0.1, 0.15) is 11.4 Å². The molecule has 0 saturated heterocycles. The maximum absolute atomic E-state index is 13.4. The molecule has 6 aromatic carbocycles. The number of carbonyl (C=O) groups is 4. The van der Waals surface area contributed by atoms with Crippen molar-refractivity contribution in [2.24, 2.45) is 0 Å². The Hall–Kier alpha value is -7.35. The van der Waals surface area contributed by atoms with E-state index in [4.69, 9.17) is 37.9 Å². The predicted octanol–water partition coefficient (Wildman–Crippen LogP) is 8.95. The van der Waals surface area contributed by atoms with Crippen LogP contribution in [-0.4, -0.2) is 63.0 Å². The molecule has 2 aliphatic heterocycles. The molecule has 0 radical (unpaired) electrons. The molecule has 8 rings (SSSR count). The van der Waals surface area contributed by atoms with Gasteiger partial charge in [-0.05, 0) is 104 Å². The smallest absolute Gasteiger partial charge is 0.343 e. The summed E-state index contributed by atoms with van der Waals surface area (Å²) in [5, 5.41) is 9.88. The number of nitrogens with zero attached hydrogens (tertiary/aromatic N) is 3. The molecule has 65 heavy (non-hydrogen) atoms. The number of carbonyl (C=O) groups excluding carboxylic acids is 4. The van der Waals surface area contributed by atoms with Crippen LogP contribution < -0.4 is 0 Å². The number of sulfonamides is 2. The fourth-order valence-corrected chi connectivity index (χ4v) is 9.72. The minimum atomic E-state index is -4.08. The molecule has 0 bridgehead atoms. The number of halogens is 2. The van der Waals surface area contributed by atoms with Crippen molar-refractivity contribution in [2.75, 3.05) is 14.1 Å². The van der Waals surface area contributed by atoms with E-state index in [9.17, 15) is 36.0 Å². The summed E-state index contributed by atoms with van der Waals surface area (Å²) in [6, 6.07) is 38.4. The fourth-order valence-electron chi connectivity index (χ4n) is 6.68. The number of aryl methyl sites for hydroxylation is 1. The minimum Gasteiger partial charge on any atom is -0.420 e. The topological polar surface area (TPSA) is 185 Å². The highest BCUT2D eigenvalue weighted by Crippen LogP contribution is 2.40. The lowest BCUT2D eigenvalue weighted by molar-refractivity contribution is 0.0675. The van der Waals surface area contributed by atoms with Gasteiger partial charge in [0, 0.05) is 46.4 Å². The molecular weight excluding hydrogens is 914 g/mol. The second-order valence-corrected chi connectivity index (χ2v) is 19.0. The second-order valence-electron chi connectivity index (χ2n) is 14.3. The average molecular weight is 947 g/mol. The monoisotopic (exact) mass is 945 g/mol. The van der Waals surface area contributed by atoms with E-state index in [0.29, 0.717) is 15.6 Å². The Morgan fingerprint density at radius 2 is 0.846 bits per heavy atom. The zero-order chi connectivity index (χ0) is 46.8. The van der Waals surface area contributed by atoms with Crippen molar-refractivity contribution >= 4 is 78.3 Å². The average Bonchev–Trinajstić information content (AvgIpc) is 3.31. The first kappa shape index (κ1) is 45.7. The van der Waals surface area contributed by atoms with Gasteiger partial charge in [-0.15, -0.1) is 0 Å². The number of benzene rings is 6. The van der Waals surface area contributed by atoms with Gasteiger partial charge in [0.25, 0.3) is 20.0 Å². The number of hydrogen-bond donors (Lipinski definition) is 0. The van der Waals surface area contributed by atoms with Crippen LogP contribution in [0.2, 0.25) is 10.0 Å². The lowest BCUT2D eigenvalue weighted by atomic mass is 10.0. The molecule has 0 fully saturated rings. The Balaban J connectivity index is 0.000000194. The maximum atomic E-state index is 13.4. The number of rotatable bonds is 8.